The molecule has 0 saturated carbocycles. The summed E-state index contributed by atoms with van der Waals surface area (Å²) >= 11 is 4.77. The van der Waals surface area contributed by atoms with Gasteiger partial charge < -0.3 is 10.1 Å². The molecule has 1 aliphatic heterocycles. The third-order valence-electron chi connectivity index (χ3n) is 4.35. The summed E-state index contributed by atoms with van der Waals surface area (Å²) in [4.78, 5) is 31.0. The van der Waals surface area contributed by atoms with Crippen LogP contribution in [0.3, 0.4) is 0 Å². The van der Waals surface area contributed by atoms with Crippen LogP contribution in [-0.2, 0) is 22.4 Å². The molecule has 8 heteroatoms. The Labute approximate surface area is 166 Å². The Kier molecular flexibility index (Phi) is 7.05. The molecule has 1 aromatic rings. The number of carbonyl (C=O) groups is 2. The van der Waals surface area contributed by atoms with Crippen LogP contribution in [0.15, 0.2) is 4.99 Å². The second kappa shape index (κ2) is 9.28. The number of aryl methyl sites for hydroxylation is 1. The molecule has 0 saturated heterocycles. The number of esters is 1. The summed E-state index contributed by atoms with van der Waals surface area (Å²) in [5.74, 6) is 0.612. The summed E-state index contributed by atoms with van der Waals surface area (Å²) in [7, 11) is 0. The number of amides is 1. The largest absolute Gasteiger partial charge is 0.462 e. The van der Waals surface area contributed by atoms with Gasteiger partial charge in [0.2, 0.25) is 5.91 Å². The van der Waals surface area contributed by atoms with Gasteiger partial charge in [-0.05, 0) is 44.6 Å². The minimum absolute atomic E-state index is 0.0585. The van der Waals surface area contributed by atoms with E-state index in [-0.39, 0.29) is 17.1 Å². The number of thioether (sulfide) groups is 2. The number of anilines is 1. The number of thiophene rings is 1. The molecule has 0 radical (unpaired) electrons. The van der Waals surface area contributed by atoms with Gasteiger partial charge in [-0.2, -0.15) is 0 Å². The Morgan fingerprint density at radius 3 is 2.81 bits per heavy atom. The third-order valence-corrected chi connectivity index (χ3v) is 8.13. The minimum atomic E-state index is -0.321. The predicted molar refractivity (Wildman–Crippen MR) is 112 cm³/mol. The van der Waals surface area contributed by atoms with E-state index in [0.29, 0.717) is 17.2 Å². The average Bonchev–Trinajstić information content (AvgIpc) is 3.26. The van der Waals surface area contributed by atoms with Crippen molar-refractivity contribution in [3.8, 4) is 0 Å². The van der Waals surface area contributed by atoms with Crippen LogP contribution in [0.1, 0.15) is 53.9 Å². The van der Waals surface area contributed by atoms with Crippen LogP contribution in [0.5, 0.6) is 0 Å². The first kappa shape index (κ1) is 19.8. The SMILES string of the molecule is CCOC(=O)c1c(NC(=O)[C@H](CC)SC2=NCCS2)sc2c1CCCC2. The molecule has 0 spiro atoms. The Morgan fingerprint density at radius 1 is 1.31 bits per heavy atom. The summed E-state index contributed by atoms with van der Waals surface area (Å²) < 4.78 is 6.25. The lowest BCUT2D eigenvalue weighted by atomic mass is 9.95. The molecule has 1 aromatic heterocycles. The van der Waals surface area contributed by atoms with Gasteiger partial charge in [0.15, 0.2) is 0 Å². The van der Waals surface area contributed by atoms with Crippen molar-refractivity contribution in [1.82, 2.24) is 0 Å². The lowest BCUT2D eigenvalue weighted by molar-refractivity contribution is -0.115. The Hall–Kier alpha value is -0.990. The maximum absolute atomic E-state index is 12.8. The normalized spacial score (nSPS) is 17.4. The molecule has 26 heavy (non-hydrogen) atoms. The van der Waals surface area contributed by atoms with Crippen molar-refractivity contribution in [2.24, 2.45) is 4.99 Å². The molecule has 0 bridgehead atoms. The van der Waals surface area contributed by atoms with Gasteiger partial charge >= 0.3 is 5.97 Å². The number of carbonyl (C=O) groups excluding carboxylic acids is 2. The lowest BCUT2D eigenvalue weighted by Gasteiger charge is -2.15. The standard InChI is InChI=1S/C18H24N2O3S3/c1-3-12(26-18-19-9-10-24-18)15(21)20-16-14(17(22)23-4-2)11-7-5-6-8-13(11)25-16/h12H,3-10H2,1-2H3,(H,20,21)/t12-/m0/s1. The van der Waals surface area contributed by atoms with Crippen molar-refractivity contribution in [3.05, 3.63) is 16.0 Å². The van der Waals surface area contributed by atoms with Crippen molar-refractivity contribution in [1.29, 1.82) is 0 Å². The Bertz CT molecular complexity index is 715. The summed E-state index contributed by atoms with van der Waals surface area (Å²) in [5, 5.41) is 3.48. The van der Waals surface area contributed by atoms with Gasteiger partial charge in [0.05, 0.1) is 24.0 Å². The molecule has 1 aliphatic carbocycles. The van der Waals surface area contributed by atoms with E-state index in [2.05, 4.69) is 10.3 Å². The van der Waals surface area contributed by atoms with E-state index in [1.807, 2.05) is 6.92 Å². The molecule has 2 heterocycles. The van der Waals surface area contributed by atoms with Crippen LogP contribution >= 0.6 is 34.9 Å². The fourth-order valence-corrected chi connectivity index (χ4v) is 6.53. The maximum Gasteiger partial charge on any atom is 0.341 e. The fraction of sp³-hybridized carbons (Fsp3) is 0.611. The molecule has 1 amide bonds. The molecule has 0 aromatic carbocycles. The highest BCUT2D eigenvalue weighted by atomic mass is 32.2. The van der Waals surface area contributed by atoms with Gasteiger partial charge in [0.1, 0.15) is 9.38 Å². The van der Waals surface area contributed by atoms with Crippen molar-refractivity contribution in [3.63, 3.8) is 0 Å². The van der Waals surface area contributed by atoms with Crippen LogP contribution in [0, 0.1) is 0 Å². The van der Waals surface area contributed by atoms with Gasteiger partial charge in [-0.3, -0.25) is 9.79 Å². The molecule has 2 aliphatic rings. The molecular formula is C18H24N2O3S3. The topological polar surface area (TPSA) is 67.8 Å². The highest BCUT2D eigenvalue weighted by Crippen LogP contribution is 2.39. The lowest BCUT2D eigenvalue weighted by Crippen LogP contribution is -2.26. The number of nitrogens with zero attached hydrogens (tertiary/aromatic N) is 1. The first-order valence-corrected chi connectivity index (χ1v) is 11.8. The summed E-state index contributed by atoms with van der Waals surface area (Å²) in [6, 6.07) is 0. The van der Waals surface area contributed by atoms with Crippen molar-refractivity contribution >= 4 is 56.1 Å². The molecule has 5 nitrogen and oxygen atoms in total. The quantitative estimate of drug-likeness (QED) is 0.703. The maximum atomic E-state index is 12.8. The second-order valence-electron chi connectivity index (χ2n) is 6.14. The zero-order chi connectivity index (χ0) is 18.5. The Morgan fingerprint density at radius 2 is 2.12 bits per heavy atom. The molecule has 0 fully saturated rings. The van der Waals surface area contributed by atoms with E-state index in [1.165, 1.54) is 28.0 Å². The van der Waals surface area contributed by atoms with Crippen LogP contribution in [0.25, 0.3) is 0 Å². The van der Waals surface area contributed by atoms with E-state index >= 15 is 0 Å². The van der Waals surface area contributed by atoms with Crippen LogP contribution in [-0.4, -0.2) is 40.4 Å². The van der Waals surface area contributed by atoms with Gasteiger partial charge in [-0.15, -0.1) is 11.3 Å². The first-order valence-electron chi connectivity index (χ1n) is 9.10. The first-order chi connectivity index (χ1) is 12.6. The zero-order valence-electron chi connectivity index (χ0n) is 15.1. The predicted octanol–water partition coefficient (Wildman–Crippen LogP) is 4.36. The van der Waals surface area contributed by atoms with E-state index in [1.54, 1.807) is 18.7 Å². The van der Waals surface area contributed by atoms with E-state index in [9.17, 15) is 9.59 Å². The van der Waals surface area contributed by atoms with Crippen molar-refractivity contribution in [2.45, 2.75) is 51.2 Å². The third kappa shape index (κ3) is 4.46. The monoisotopic (exact) mass is 412 g/mol. The number of rotatable bonds is 6. The second-order valence-corrected chi connectivity index (χ2v) is 9.77. The number of fused-ring (bicyclic) bond motifs is 1. The molecular weight excluding hydrogens is 388 g/mol. The van der Waals surface area contributed by atoms with Gasteiger partial charge in [0, 0.05) is 10.6 Å². The highest BCUT2D eigenvalue weighted by molar-refractivity contribution is 8.39. The van der Waals surface area contributed by atoms with Crippen LogP contribution < -0.4 is 5.32 Å². The van der Waals surface area contributed by atoms with E-state index in [0.717, 1.165) is 54.3 Å². The minimum Gasteiger partial charge on any atom is -0.462 e. The van der Waals surface area contributed by atoms with Gasteiger partial charge in [0.25, 0.3) is 0 Å². The number of hydrogen-bond donors (Lipinski definition) is 1. The summed E-state index contributed by atoms with van der Waals surface area (Å²) in [5.41, 5.74) is 1.65. The van der Waals surface area contributed by atoms with Gasteiger partial charge in [-0.1, -0.05) is 30.4 Å². The molecule has 1 atom stereocenters. The van der Waals surface area contributed by atoms with Crippen LogP contribution in [0.2, 0.25) is 0 Å². The number of nitrogens with one attached hydrogen (secondary N) is 1. The van der Waals surface area contributed by atoms with Crippen molar-refractivity contribution in [2.75, 3.05) is 24.2 Å². The molecule has 1 N–H and O–H groups in total. The Balaban J connectivity index is 1.80. The van der Waals surface area contributed by atoms with Crippen LogP contribution in [0.4, 0.5) is 5.00 Å². The van der Waals surface area contributed by atoms with Crippen molar-refractivity contribution < 1.29 is 14.3 Å². The number of ether oxygens (including phenoxy) is 1. The van der Waals surface area contributed by atoms with Gasteiger partial charge in [-0.25, -0.2) is 4.79 Å². The summed E-state index contributed by atoms with van der Waals surface area (Å²) in [6.45, 7) is 4.97. The number of hydrogen-bond acceptors (Lipinski definition) is 7. The zero-order valence-corrected chi connectivity index (χ0v) is 17.6. The molecule has 3 rings (SSSR count). The number of aliphatic imine (C=N–C) groups is 1. The molecule has 142 valence electrons. The fourth-order valence-electron chi connectivity index (χ4n) is 3.10. The average molecular weight is 413 g/mol. The summed E-state index contributed by atoms with van der Waals surface area (Å²) in [6.07, 6.45) is 4.79. The van der Waals surface area contributed by atoms with E-state index < -0.39 is 0 Å². The smallest absolute Gasteiger partial charge is 0.341 e. The van der Waals surface area contributed by atoms with E-state index in [4.69, 9.17) is 4.74 Å². The molecule has 0 unspecified atom stereocenters. The highest BCUT2D eigenvalue weighted by Gasteiger charge is 2.29.